The monoisotopic (exact) mass is 467 g/mol. The van der Waals surface area contributed by atoms with Crippen LogP contribution in [0.3, 0.4) is 0 Å². The molecule has 1 saturated heterocycles. The maximum absolute atomic E-state index is 13.2. The fourth-order valence-corrected chi connectivity index (χ4v) is 4.62. The first-order valence-corrected chi connectivity index (χ1v) is 11.9. The van der Waals surface area contributed by atoms with Crippen molar-refractivity contribution in [2.45, 2.75) is 44.7 Å². The Balaban J connectivity index is 1.48. The molecule has 1 saturated carbocycles. The van der Waals surface area contributed by atoms with E-state index in [2.05, 4.69) is 32.2 Å². The summed E-state index contributed by atoms with van der Waals surface area (Å²) in [6.45, 7) is 5.16. The van der Waals surface area contributed by atoms with Crippen LogP contribution >= 0.6 is 11.6 Å². The summed E-state index contributed by atoms with van der Waals surface area (Å²) >= 11 is 6.38. The molecule has 4 rings (SSSR count). The Morgan fingerprint density at radius 3 is 2.55 bits per heavy atom. The number of piperazine rings is 1. The van der Waals surface area contributed by atoms with E-state index >= 15 is 0 Å². The third-order valence-corrected chi connectivity index (χ3v) is 6.70. The molecule has 0 spiro atoms. The lowest BCUT2D eigenvalue weighted by Gasteiger charge is -2.35. The lowest BCUT2D eigenvalue weighted by atomic mass is 9.95. The van der Waals surface area contributed by atoms with Gasteiger partial charge in [-0.15, -0.1) is 0 Å². The van der Waals surface area contributed by atoms with Gasteiger partial charge in [-0.1, -0.05) is 43.0 Å². The van der Waals surface area contributed by atoms with Gasteiger partial charge in [0.15, 0.2) is 5.82 Å². The molecule has 2 aromatic rings. The van der Waals surface area contributed by atoms with E-state index in [4.69, 9.17) is 11.6 Å². The van der Waals surface area contributed by atoms with Crippen molar-refractivity contribution in [2.24, 2.45) is 0 Å². The standard InChI is InChI=1S/C24H30ClN7O/c1-30-11-13-31(14-12-30)17-18-7-9-19(10-8-18)24(33)29-32(20-5-3-2-4-6-20)23-21(25)16-27-22(15-26)28-23/h7-10,16,20H,2-6,11-14,17H2,1H3,(H,29,33). The zero-order valence-electron chi connectivity index (χ0n) is 19.0. The lowest BCUT2D eigenvalue weighted by molar-refractivity contribution is 0.0941. The van der Waals surface area contributed by atoms with Gasteiger partial charge in [-0.25, -0.2) is 4.98 Å². The van der Waals surface area contributed by atoms with E-state index in [0.29, 0.717) is 16.4 Å². The molecule has 33 heavy (non-hydrogen) atoms. The first kappa shape index (κ1) is 23.4. The minimum absolute atomic E-state index is 0.0257. The highest BCUT2D eigenvalue weighted by Gasteiger charge is 2.27. The number of anilines is 1. The van der Waals surface area contributed by atoms with Crippen LogP contribution < -0.4 is 10.4 Å². The molecule has 2 fully saturated rings. The number of aromatic nitrogens is 2. The Labute approximate surface area is 200 Å². The number of nitrogens with one attached hydrogen (secondary N) is 1. The molecule has 1 amide bonds. The van der Waals surface area contributed by atoms with Crippen molar-refractivity contribution >= 4 is 23.3 Å². The molecular formula is C24H30ClN7O. The number of benzene rings is 1. The van der Waals surface area contributed by atoms with Gasteiger partial charge in [-0.05, 0) is 37.6 Å². The van der Waals surface area contributed by atoms with Crippen LogP contribution in [-0.4, -0.2) is 64.9 Å². The van der Waals surface area contributed by atoms with Crippen molar-refractivity contribution in [1.29, 1.82) is 5.26 Å². The number of carbonyl (C=O) groups is 1. The molecule has 9 heteroatoms. The molecule has 0 bridgehead atoms. The summed E-state index contributed by atoms with van der Waals surface area (Å²) in [7, 11) is 2.15. The van der Waals surface area contributed by atoms with E-state index in [1.807, 2.05) is 30.3 Å². The van der Waals surface area contributed by atoms with Crippen LogP contribution in [0.1, 0.15) is 53.8 Å². The zero-order chi connectivity index (χ0) is 23.2. The largest absolute Gasteiger partial charge is 0.304 e. The smallest absolute Gasteiger partial charge is 0.269 e. The van der Waals surface area contributed by atoms with Crippen LogP contribution in [0.5, 0.6) is 0 Å². The summed E-state index contributed by atoms with van der Waals surface area (Å²) in [6, 6.07) is 9.78. The van der Waals surface area contributed by atoms with Crippen molar-refractivity contribution in [2.75, 3.05) is 38.2 Å². The van der Waals surface area contributed by atoms with E-state index in [9.17, 15) is 10.1 Å². The summed E-state index contributed by atoms with van der Waals surface area (Å²) in [6.07, 6.45) is 6.59. The predicted octanol–water partition coefficient (Wildman–Crippen LogP) is 3.23. The Kier molecular flexibility index (Phi) is 7.76. The number of halogens is 1. The molecule has 1 aliphatic heterocycles. The highest BCUT2D eigenvalue weighted by molar-refractivity contribution is 6.32. The molecule has 0 atom stereocenters. The van der Waals surface area contributed by atoms with Crippen LogP contribution in [0.25, 0.3) is 0 Å². The van der Waals surface area contributed by atoms with Crippen molar-refractivity contribution in [3.05, 3.63) is 52.4 Å². The Morgan fingerprint density at radius 2 is 1.88 bits per heavy atom. The number of nitrogens with zero attached hydrogens (tertiary/aromatic N) is 6. The third-order valence-electron chi connectivity index (χ3n) is 6.43. The van der Waals surface area contributed by atoms with E-state index in [0.717, 1.165) is 58.4 Å². The SMILES string of the molecule is CN1CCN(Cc2ccc(C(=O)NN(c3nc(C#N)ncc3Cl)C3CCCCC3)cc2)CC1. The van der Waals surface area contributed by atoms with E-state index in [1.54, 1.807) is 5.01 Å². The van der Waals surface area contributed by atoms with Crippen LogP contribution in [0.2, 0.25) is 5.02 Å². The quantitative estimate of drug-likeness (QED) is 0.652. The van der Waals surface area contributed by atoms with Crippen molar-refractivity contribution in [3.63, 3.8) is 0 Å². The number of carbonyl (C=O) groups excluding carboxylic acids is 1. The fraction of sp³-hybridized carbons (Fsp3) is 0.500. The van der Waals surface area contributed by atoms with Gasteiger partial charge in [0.05, 0.1) is 12.2 Å². The van der Waals surface area contributed by atoms with Gasteiger partial charge in [0.1, 0.15) is 11.1 Å². The number of hydrazine groups is 1. The summed E-state index contributed by atoms with van der Waals surface area (Å²) < 4.78 is 0. The molecule has 1 aliphatic carbocycles. The van der Waals surface area contributed by atoms with Crippen LogP contribution in [-0.2, 0) is 6.54 Å². The number of hydrogen-bond donors (Lipinski definition) is 1. The lowest BCUT2D eigenvalue weighted by Crippen LogP contribution is -2.50. The van der Waals surface area contributed by atoms with Crippen LogP contribution in [0.15, 0.2) is 30.5 Å². The van der Waals surface area contributed by atoms with E-state index in [-0.39, 0.29) is 17.8 Å². The van der Waals surface area contributed by atoms with Crippen LogP contribution in [0.4, 0.5) is 5.82 Å². The van der Waals surface area contributed by atoms with Crippen molar-refractivity contribution < 1.29 is 4.79 Å². The maximum atomic E-state index is 13.2. The number of rotatable bonds is 6. The Bertz CT molecular complexity index is 993. The summed E-state index contributed by atoms with van der Waals surface area (Å²) in [5, 5.41) is 11.3. The zero-order valence-corrected chi connectivity index (χ0v) is 19.8. The maximum Gasteiger partial charge on any atom is 0.269 e. The average Bonchev–Trinajstić information content (AvgIpc) is 2.85. The highest BCUT2D eigenvalue weighted by Crippen LogP contribution is 2.29. The first-order valence-electron chi connectivity index (χ1n) is 11.6. The average molecular weight is 468 g/mol. The molecule has 1 N–H and O–H groups in total. The van der Waals surface area contributed by atoms with E-state index in [1.165, 1.54) is 18.2 Å². The molecule has 1 aromatic carbocycles. The summed E-state index contributed by atoms with van der Waals surface area (Å²) in [5.74, 6) is 0.174. The number of amides is 1. The second kappa shape index (κ2) is 10.9. The number of hydrogen-bond acceptors (Lipinski definition) is 7. The van der Waals surface area contributed by atoms with Gasteiger partial charge < -0.3 is 4.90 Å². The Hall–Kier alpha value is -2.73. The molecule has 0 unspecified atom stereocenters. The third kappa shape index (κ3) is 5.99. The predicted molar refractivity (Wildman–Crippen MR) is 128 cm³/mol. The van der Waals surface area contributed by atoms with Crippen molar-refractivity contribution in [1.82, 2.24) is 25.2 Å². The van der Waals surface area contributed by atoms with Gasteiger partial charge in [-0.3, -0.25) is 20.1 Å². The van der Waals surface area contributed by atoms with Gasteiger partial charge in [0, 0.05) is 38.3 Å². The summed E-state index contributed by atoms with van der Waals surface area (Å²) in [4.78, 5) is 26.2. The highest BCUT2D eigenvalue weighted by atomic mass is 35.5. The summed E-state index contributed by atoms with van der Waals surface area (Å²) in [5.41, 5.74) is 4.78. The number of likely N-dealkylation sites (N-methyl/N-ethyl adjacent to an activating group) is 1. The second-order valence-electron chi connectivity index (χ2n) is 8.86. The van der Waals surface area contributed by atoms with Gasteiger partial charge in [0.25, 0.3) is 5.91 Å². The molecular weight excluding hydrogens is 438 g/mol. The fourth-order valence-electron chi connectivity index (χ4n) is 4.44. The topological polar surface area (TPSA) is 88.4 Å². The minimum atomic E-state index is -0.222. The molecule has 2 aliphatic rings. The van der Waals surface area contributed by atoms with Crippen molar-refractivity contribution in [3.8, 4) is 6.07 Å². The molecule has 0 radical (unpaired) electrons. The van der Waals surface area contributed by atoms with Gasteiger partial charge in [-0.2, -0.15) is 10.2 Å². The van der Waals surface area contributed by atoms with Crippen LogP contribution in [0, 0.1) is 11.3 Å². The molecule has 8 nitrogen and oxygen atoms in total. The normalized spacial score (nSPS) is 18.0. The minimum Gasteiger partial charge on any atom is -0.304 e. The first-order chi connectivity index (χ1) is 16.0. The molecule has 174 valence electrons. The molecule has 2 heterocycles. The van der Waals surface area contributed by atoms with Gasteiger partial charge >= 0.3 is 0 Å². The Morgan fingerprint density at radius 1 is 1.18 bits per heavy atom. The van der Waals surface area contributed by atoms with E-state index < -0.39 is 0 Å². The molecule has 1 aromatic heterocycles. The van der Waals surface area contributed by atoms with Gasteiger partial charge in [0.2, 0.25) is 5.82 Å². The number of nitriles is 1. The second-order valence-corrected chi connectivity index (χ2v) is 9.26.